The zero-order valence-electron chi connectivity index (χ0n) is 25.1. The minimum atomic E-state index is -0.525. The number of carbonyl (C=O) groups excluding carboxylic acids is 3. The maximum atomic E-state index is 13.3. The van der Waals surface area contributed by atoms with Crippen molar-refractivity contribution in [3.63, 3.8) is 0 Å². The van der Waals surface area contributed by atoms with E-state index in [1.54, 1.807) is 31.3 Å². The van der Waals surface area contributed by atoms with E-state index in [-0.39, 0.29) is 75.2 Å². The fourth-order valence-corrected chi connectivity index (χ4v) is 5.26. The van der Waals surface area contributed by atoms with Crippen LogP contribution in [0.3, 0.4) is 0 Å². The second kappa shape index (κ2) is 14.3. The van der Waals surface area contributed by atoms with Crippen LogP contribution in [0.1, 0.15) is 28.1 Å². The third-order valence-electron chi connectivity index (χ3n) is 7.59. The van der Waals surface area contributed by atoms with E-state index >= 15 is 0 Å². The first-order valence-corrected chi connectivity index (χ1v) is 14.4. The second-order valence-electron chi connectivity index (χ2n) is 10.6. The average Bonchev–Trinajstić information content (AvgIpc) is 3.68. The summed E-state index contributed by atoms with van der Waals surface area (Å²) in [6.07, 6.45) is 0.0999. The lowest BCUT2D eigenvalue weighted by Crippen LogP contribution is -2.49. The van der Waals surface area contributed by atoms with Crippen molar-refractivity contribution in [1.29, 1.82) is 0 Å². The van der Waals surface area contributed by atoms with Gasteiger partial charge in [0.2, 0.25) is 11.8 Å². The summed E-state index contributed by atoms with van der Waals surface area (Å²) in [4.78, 5) is 42.9. The fourth-order valence-electron chi connectivity index (χ4n) is 5.26. The van der Waals surface area contributed by atoms with Crippen molar-refractivity contribution in [1.82, 2.24) is 15.1 Å². The summed E-state index contributed by atoms with van der Waals surface area (Å²) in [5, 5.41) is 3.00. The van der Waals surface area contributed by atoms with E-state index in [1.807, 2.05) is 42.5 Å². The Bertz CT molecular complexity index is 1470. The summed E-state index contributed by atoms with van der Waals surface area (Å²) in [5.74, 6) is 1.12. The lowest BCUT2D eigenvalue weighted by molar-refractivity contribution is -0.137. The van der Waals surface area contributed by atoms with E-state index in [2.05, 4.69) is 5.32 Å². The number of furan rings is 1. The van der Waals surface area contributed by atoms with Crippen LogP contribution < -0.4 is 19.5 Å². The molecular weight excluding hydrogens is 570 g/mol. The van der Waals surface area contributed by atoms with E-state index in [4.69, 9.17) is 28.1 Å². The van der Waals surface area contributed by atoms with Gasteiger partial charge in [-0.2, -0.15) is 0 Å². The average molecular weight is 608 g/mol. The van der Waals surface area contributed by atoms with E-state index in [0.29, 0.717) is 23.7 Å². The van der Waals surface area contributed by atoms with Crippen LogP contribution in [0.25, 0.3) is 0 Å². The number of aryl methyl sites for hydroxylation is 1. The molecule has 0 saturated carbocycles. The van der Waals surface area contributed by atoms with Crippen LogP contribution in [-0.2, 0) is 32.1 Å². The van der Waals surface area contributed by atoms with Gasteiger partial charge < -0.3 is 43.2 Å². The molecule has 2 aliphatic heterocycles. The summed E-state index contributed by atoms with van der Waals surface area (Å²) >= 11 is 0. The molecule has 234 valence electrons. The number of methoxy groups -OCH3 is 3. The summed E-state index contributed by atoms with van der Waals surface area (Å²) in [5.41, 5.74) is 1.74. The van der Waals surface area contributed by atoms with Gasteiger partial charge >= 0.3 is 0 Å². The van der Waals surface area contributed by atoms with Crippen molar-refractivity contribution in [3.8, 4) is 23.2 Å². The van der Waals surface area contributed by atoms with Crippen molar-refractivity contribution in [3.05, 3.63) is 71.5 Å². The van der Waals surface area contributed by atoms with Crippen molar-refractivity contribution in [2.75, 3.05) is 54.1 Å². The number of amides is 3. The lowest BCUT2D eigenvalue weighted by atomic mass is 10.1. The zero-order valence-corrected chi connectivity index (χ0v) is 25.1. The highest BCUT2D eigenvalue weighted by Gasteiger charge is 2.38. The number of hydrogen-bond donors (Lipinski definition) is 1. The topological polar surface area (TPSA) is 129 Å². The highest BCUT2D eigenvalue weighted by atomic mass is 16.6. The molecule has 4 bridgehead atoms. The van der Waals surface area contributed by atoms with E-state index in [1.165, 1.54) is 12.0 Å². The molecule has 0 unspecified atom stereocenters. The standard InChI is InChI=1S/C32H37N3O9/c1-39-14-13-34-19-29(36)33-24-17-35(32(38)26-10-12-31(41-3)44-26)18-28(24)42-20-22-5-4-6-23(15-22)43-27-16-21(8-11-30(34)37)7-9-25(27)40-2/h4-7,9-10,12,15-16,24,28H,8,11,13-14,17-20H2,1-3H3,(H,33,36)/t24-,28-/m0/s1. The molecule has 44 heavy (non-hydrogen) atoms. The largest absolute Gasteiger partial charge is 0.493 e. The summed E-state index contributed by atoms with van der Waals surface area (Å²) in [6, 6.07) is 15.6. The molecule has 0 radical (unpaired) electrons. The molecule has 12 nitrogen and oxygen atoms in total. The molecule has 3 amide bonds. The minimum absolute atomic E-state index is 0.124. The first-order chi connectivity index (χ1) is 21.4. The van der Waals surface area contributed by atoms with Crippen molar-refractivity contribution in [2.45, 2.75) is 31.6 Å². The molecule has 1 fully saturated rings. The van der Waals surface area contributed by atoms with Crippen LogP contribution in [0.5, 0.6) is 23.2 Å². The SMILES string of the molecule is COCCN1CC(=O)N[C@H]2CN(C(=O)c3ccc(OC)o3)C[C@@H]2OCc2cccc(c2)Oc2cc(ccc2OC)CCC1=O. The second-order valence-corrected chi connectivity index (χ2v) is 10.6. The van der Waals surface area contributed by atoms with Crippen LogP contribution in [-0.4, -0.2) is 93.8 Å². The number of carbonyl (C=O) groups is 3. The molecule has 1 N–H and O–H groups in total. The number of ether oxygens (including phenoxy) is 5. The highest BCUT2D eigenvalue weighted by molar-refractivity contribution is 5.92. The monoisotopic (exact) mass is 607 g/mol. The predicted octanol–water partition coefficient (Wildman–Crippen LogP) is 3.04. The number of nitrogens with zero attached hydrogens (tertiary/aromatic N) is 2. The van der Waals surface area contributed by atoms with Gasteiger partial charge in [-0.15, -0.1) is 0 Å². The van der Waals surface area contributed by atoms with Gasteiger partial charge in [0.05, 0.1) is 46.1 Å². The molecule has 3 heterocycles. The fraction of sp³-hybridized carbons (Fsp3) is 0.406. The lowest BCUT2D eigenvalue weighted by Gasteiger charge is -2.25. The molecule has 2 aromatic carbocycles. The van der Waals surface area contributed by atoms with Crippen LogP contribution >= 0.6 is 0 Å². The molecule has 3 aromatic rings. The Morgan fingerprint density at radius 3 is 2.61 bits per heavy atom. The molecule has 2 aliphatic rings. The molecule has 5 rings (SSSR count). The highest BCUT2D eigenvalue weighted by Crippen LogP contribution is 2.33. The molecule has 0 aliphatic carbocycles. The van der Waals surface area contributed by atoms with Gasteiger partial charge in [-0.3, -0.25) is 14.4 Å². The smallest absolute Gasteiger partial charge is 0.289 e. The van der Waals surface area contributed by atoms with Gasteiger partial charge in [0, 0.05) is 39.2 Å². The van der Waals surface area contributed by atoms with Crippen molar-refractivity contribution in [2.24, 2.45) is 0 Å². The van der Waals surface area contributed by atoms with Crippen LogP contribution in [0.15, 0.2) is 59.0 Å². The summed E-state index contributed by atoms with van der Waals surface area (Å²) in [7, 11) is 4.57. The van der Waals surface area contributed by atoms with E-state index in [9.17, 15) is 14.4 Å². The Balaban J connectivity index is 1.42. The van der Waals surface area contributed by atoms with Crippen LogP contribution in [0, 0.1) is 0 Å². The molecule has 12 heteroatoms. The maximum absolute atomic E-state index is 13.3. The normalized spacial score (nSPS) is 19.3. The Labute approximate surface area is 255 Å². The quantitative estimate of drug-likeness (QED) is 0.450. The number of nitrogens with one attached hydrogen (secondary N) is 1. The first-order valence-electron chi connectivity index (χ1n) is 14.4. The predicted molar refractivity (Wildman–Crippen MR) is 158 cm³/mol. The Hall–Kier alpha value is -4.55. The molecule has 1 aromatic heterocycles. The molecule has 0 spiro atoms. The number of rotatable bonds is 6. The number of fused-ring (bicyclic) bond motifs is 5. The summed E-state index contributed by atoms with van der Waals surface area (Å²) < 4.78 is 33.8. The minimum Gasteiger partial charge on any atom is -0.493 e. The van der Waals surface area contributed by atoms with E-state index in [0.717, 1.165) is 11.1 Å². The Kier molecular flexibility index (Phi) is 10.0. The third kappa shape index (κ3) is 7.50. The number of hydrogen-bond acceptors (Lipinski definition) is 9. The molecule has 1 saturated heterocycles. The Morgan fingerprint density at radius 2 is 1.84 bits per heavy atom. The zero-order chi connectivity index (χ0) is 31.1. The summed E-state index contributed by atoms with van der Waals surface area (Å²) in [6.45, 7) is 1.00. The van der Waals surface area contributed by atoms with Gasteiger partial charge in [0.15, 0.2) is 17.3 Å². The first kappa shape index (κ1) is 30.9. The molecule has 2 atom stereocenters. The van der Waals surface area contributed by atoms with E-state index < -0.39 is 12.1 Å². The van der Waals surface area contributed by atoms with Crippen molar-refractivity contribution >= 4 is 17.7 Å². The Morgan fingerprint density at radius 1 is 0.977 bits per heavy atom. The van der Waals surface area contributed by atoms with Gasteiger partial charge in [0.25, 0.3) is 11.9 Å². The van der Waals surface area contributed by atoms with Gasteiger partial charge in [-0.05, 0) is 47.9 Å². The van der Waals surface area contributed by atoms with Gasteiger partial charge in [0.1, 0.15) is 5.75 Å². The maximum Gasteiger partial charge on any atom is 0.289 e. The molecular formula is C32H37N3O9. The van der Waals surface area contributed by atoms with Gasteiger partial charge in [-0.1, -0.05) is 18.2 Å². The van der Waals surface area contributed by atoms with Crippen LogP contribution in [0.2, 0.25) is 0 Å². The third-order valence-corrected chi connectivity index (χ3v) is 7.59. The van der Waals surface area contributed by atoms with Gasteiger partial charge in [-0.25, -0.2) is 0 Å². The number of benzene rings is 2. The number of likely N-dealkylation sites (tertiary alicyclic amines) is 1. The van der Waals surface area contributed by atoms with Crippen molar-refractivity contribution < 1.29 is 42.5 Å². The van der Waals surface area contributed by atoms with Crippen LogP contribution in [0.4, 0.5) is 0 Å².